The summed E-state index contributed by atoms with van der Waals surface area (Å²) >= 11 is 0. The van der Waals surface area contributed by atoms with Crippen molar-refractivity contribution < 1.29 is 4.79 Å². The van der Waals surface area contributed by atoms with Crippen LogP contribution >= 0.6 is 0 Å². The van der Waals surface area contributed by atoms with Crippen LogP contribution in [0.1, 0.15) is 21.9 Å². The first kappa shape index (κ1) is 16.4. The van der Waals surface area contributed by atoms with Crippen LogP contribution in [0.25, 0.3) is 11.4 Å². The Kier molecular flexibility index (Phi) is 4.89. The maximum atomic E-state index is 12.1. The molecule has 1 amide bonds. The normalized spacial score (nSPS) is 10.4. The highest BCUT2D eigenvalue weighted by molar-refractivity contribution is 5.93. The van der Waals surface area contributed by atoms with Crippen molar-refractivity contribution in [3.05, 3.63) is 70.4 Å². The van der Waals surface area contributed by atoms with E-state index in [1.54, 1.807) is 31.5 Å². The summed E-state index contributed by atoms with van der Waals surface area (Å²) in [5.41, 5.74) is 1.64. The number of aromatic amines is 1. The van der Waals surface area contributed by atoms with Gasteiger partial charge in [0.05, 0.1) is 5.56 Å². The molecule has 0 aromatic carbocycles. The van der Waals surface area contributed by atoms with Gasteiger partial charge < -0.3 is 10.3 Å². The summed E-state index contributed by atoms with van der Waals surface area (Å²) < 4.78 is 0. The summed E-state index contributed by atoms with van der Waals surface area (Å²) in [7, 11) is 0. The molecular weight excluding hydrogens is 320 g/mol. The van der Waals surface area contributed by atoms with Crippen molar-refractivity contribution in [1.82, 2.24) is 30.2 Å². The van der Waals surface area contributed by atoms with Crippen molar-refractivity contribution in [2.75, 3.05) is 6.54 Å². The first-order chi connectivity index (χ1) is 12.1. The van der Waals surface area contributed by atoms with Crippen LogP contribution in [0.5, 0.6) is 0 Å². The van der Waals surface area contributed by atoms with Gasteiger partial charge in [-0.3, -0.25) is 14.6 Å². The average Bonchev–Trinajstić information content (AvgIpc) is 2.62. The molecule has 3 rings (SSSR count). The van der Waals surface area contributed by atoms with Gasteiger partial charge >= 0.3 is 0 Å². The first-order valence-corrected chi connectivity index (χ1v) is 7.69. The van der Waals surface area contributed by atoms with Crippen LogP contribution in [0.3, 0.4) is 0 Å². The van der Waals surface area contributed by atoms with Crippen LogP contribution in [0.4, 0.5) is 0 Å². The first-order valence-electron chi connectivity index (χ1n) is 7.69. The molecule has 0 fully saturated rings. The minimum atomic E-state index is -0.281. The van der Waals surface area contributed by atoms with E-state index in [0.717, 1.165) is 5.56 Å². The van der Waals surface area contributed by atoms with Gasteiger partial charge in [0.15, 0.2) is 5.82 Å². The fourth-order valence-corrected chi connectivity index (χ4v) is 2.25. The third kappa shape index (κ3) is 4.31. The molecule has 0 aliphatic carbocycles. The van der Waals surface area contributed by atoms with Gasteiger partial charge in [0.25, 0.3) is 11.5 Å². The lowest BCUT2D eigenvalue weighted by Crippen LogP contribution is -2.27. The van der Waals surface area contributed by atoms with Crippen molar-refractivity contribution in [1.29, 1.82) is 0 Å². The van der Waals surface area contributed by atoms with Crippen molar-refractivity contribution in [3.63, 3.8) is 0 Å². The molecule has 0 aliphatic rings. The van der Waals surface area contributed by atoms with Crippen LogP contribution in [0.15, 0.2) is 47.8 Å². The second kappa shape index (κ2) is 7.43. The van der Waals surface area contributed by atoms with Gasteiger partial charge in [0.2, 0.25) is 0 Å². The average molecular weight is 336 g/mol. The molecule has 3 aromatic rings. The minimum Gasteiger partial charge on any atom is -0.351 e. The molecule has 0 saturated heterocycles. The van der Waals surface area contributed by atoms with E-state index < -0.39 is 0 Å². The van der Waals surface area contributed by atoms with E-state index in [4.69, 9.17) is 0 Å². The molecule has 0 bridgehead atoms. The standard InChI is InChI=1S/C17H16N6O2/c1-11-8-15(24)23-14(22-11)4-7-19-17(25)13-9-20-16(21-10-13)12-2-5-18-6-3-12/h2-3,5-6,8-10H,4,7H2,1H3,(H,19,25)(H,22,23,24). The third-order valence-electron chi connectivity index (χ3n) is 3.42. The fraction of sp³-hybridized carbons (Fsp3) is 0.176. The van der Waals surface area contributed by atoms with Crippen LogP contribution in [-0.2, 0) is 6.42 Å². The van der Waals surface area contributed by atoms with E-state index in [9.17, 15) is 9.59 Å². The number of H-pyrrole nitrogens is 1. The van der Waals surface area contributed by atoms with Gasteiger partial charge in [-0.2, -0.15) is 0 Å². The lowest BCUT2D eigenvalue weighted by molar-refractivity contribution is 0.0953. The van der Waals surface area contributed by atoms with Gasteiger partial charge in [-0.15, -0.1) is 0 Å². The van der Waals surface area contributed by atoms with Crippen molar-refractivity contribution in [2.45, 2.75) is 13.3 Å². The highest BCUT2D eigenvalue weighted by Crippen LogP contribution is 2.12. The van der Waals surface area contributed by atoms with Crippen molar-refractivity contribution >= 4 is 5.91 Å². The number of aryl methyl sites for hydroxylation is 1. The molecule has 0 radical (unpaired) electrons. The van der Waals surface area contributed by atoms with E-state index in [0.29, 0.717) is 35.9 Å². The Morgan fingerprint density at radius 3 is 2.60 bits per heavy atom. The van der Waals surface area contributed by atoms with Crippen LogP contribution < -0.4 is 10.9 Å². The molecule has 0 unspecified atom stereocenters. The molecule has 0 aliphatic heterocycles. The monoisotopic (exact) mass is 336 g/mol. The maximum Gasteiger partial charge on any atom is 0.254 e. The van der Waals surface area contributed by atoms with E-state index in [-0.39, 0.29) is 11.5 Å². The number of pyridine rings is 1. The van der Waals surface area contributed by atoms with E-state index >= 15 is 0 Å². The predicted octanol–water partition coefficient (Wildman–Crippen LogP) is 0.903. The zero-order chi connectivity index (χ0) is 17.6. The smallest absolute Gasteiger partial charge is 0.254 e. The Hall–Kier alpha value is -3.42. The lowest BCUT2D eigenvalue weighted by Gasteiger charge is -2.06. The highest BCUT2D eigenvalue weighted by atomic mass is 16.1. The number of aromatic nitrogens is 5. The topological polar surface area (TPSA) is 114 Å². The number of hydrogen-bond donors (Lipinski definition) is 2. The highest BCUT2D eigenvalue weighted by Gasteiger charge is 2.08. The number of nitrogens with one attached hydrogen (secondary N) is 2. The van der Waals surface area contributed by atoms with Gasteiger partial charge in [0.1, 0.15) is 5.82 Å². The Morgan fingerprint density at radius 1 is 1.20 bits per heavy atom. The summed E-state index contributed by atoms with van der Waals surface area (Å²) in [5.74, 6) is 0.784. The maximum absolute atomic E-state index is 12.1. The molecular formula is C17H16N6O2. The Labute approximate surface area is 143 Å². The molecule has 25 heavy (non-hydrogen) atoms. The molecule has 0 saturated carbocycles. The zero-order valence-electron chi connectivity index (χ0n) is 13.6. The quantitative estimate of drug-likeness (QED) is 0.716. The van der Waals surface area contributed by atoms with E-state index in [1.165, 1.54) is 18.5 Å². The summed E-state index contributed by atoms with van der Waals surface area (Å²) in [6.45, 7) is 2.09. The number of carbonyl (C=O) groups is 1. The number of carbonyl (C=O) groups excluding carboxylic acids is 1. The Bertz CT molecular complexity index is 922. The van der Waals surface area contributed by atoms with Gasteiger partial charge in [-0.25, -0.2) is 15.0 Å². The van der Waals surface area contributed by atoms with Crippen LogP contribution in [-0.4, -0.2) is 37.4 Å². The SMILES string of the molecule is Cc1cc(=O)[nH]c(CCNC(=O)c2cnc(-c3ccncc3)nc2)n1. The Morgan fingerprint density at radius 2 is 1.92 bits per heavy atom. The number of hydrogen-bond acceptors (Lipinski definition) is 6. The molecule has 8 heteroatoms. The molecule has 0 spiro atoms. The number of rotatable bonds is 5. The van der Waals surface area contributed by atoms with Crippen molar-refractivity contribution in [3.8, 4) is 11.4 Å². The van der Waals surface area contributed by atoms with Gasteiger partial charge in [-0.05, 0) is 19.1 Å². The lowest BCUT2D eigenvalue weighted by atomic mass is 10.2. The Balaban J connectivity index is 1.59. The summed E-state index contributed by atoms with van der Waals surface area (Å²) in [4.78, 5) is 42.7. The predicted molar refractivity (Wildman–Crippen MR) is 90.9 cm³/mol. The van der Waals surface area contributed by atoms with E-state index in [1.807, 2.05) is 0 Å². The van der Waals surface area contributed by atoms with Crippen molar-refractivity contribution in [2.24, 2.45) is 0 Å². The summed E-state index contributed by atoms with van der Waals surface area (Å²) in [5, 5.41) is 2.75. The summed E-state index contributed by atoms with van der Waals surface area (Å²) in [6, 6.07) is 5.01. The largest absolute Gasteiger partial charge is 0.351 e. The molecule has 3 heterocycles. The molecule has 2 N–H and O–H groups in total. The number of nitrogens with zero attached hydrogens (tertiary/aromatic N) is 4. The second-order valence-electron chi connectivity index (χ2n) is 5.37. The number of amides is 1. The summed E-state index contributed by atoms with van der Waals surface area (Å²) in [6.07, 6.45) is 6.69. The van der Waals surface area contributed by atoms with Crippen LogP contribution in [0, 0.1) is 6.92 Å². The minimum absolute atomic E-state index is 0.200. The fourth-order valence-electron chi connectivity index (χ4n) is 2.25. The molecule has 8 nitrogen and oxygen atoms in total. The third-order valence-corrected chi connectivity index (χ3v) is 3.42. The van der Waals surface area contributed by atoms with Gasteiger partial charge in [-0.1, -0.05) is 0 Å². The second-order valence-corrected chi connectivity index (χ2v) is 5.37. The van der Waals surface area contributed by atoms with Crippen LogP contribution in [0.2, 0.25) is 0 Å². The molecule has 0 atom stereocenters. The molecule has 126 valence electrons. The van der Waals surface area contributed by atoms with E-state index in [2.05, 4.69) is 30.2 Å². The van der Waals surface area contributed by atoms with Gasteiger partial charge in [0, 0.05) is 55.1 Å². The zero-order valence-corrected chi connectivity index (χ0v) is 13.6. The molecule has 3 aromatic heterocycles.